The molecule has 4 nitrogen and oxygen atoms in total. The van der Waals surface area contributed by atoms with E-state index >= 15 is 0 Å². The average molecular weight is 859 g/mol. The van der Waals surface area contributed by atoms with Gasteiger partial charge in [0.1, 0.15) is 5.65 Å². The summed E-state index contributed by atoms with van der Waals surface area (Å²) in [6.07, 6.45) is 0. The normalized spacial score (nSPS) is 13.2. The predicted molar refractivity (Wildman–Crippen MR) is 286 cm³/mol. The average Bonchev–Trinajstić information content (AvgIpc) is 4.12. The molecule has 9 aromatic carbocycles. The molecule has 0 amide bonds. The van der Waals surface area contributed by atoms with Gasteiger partial charge in [0.2, 0.25) is 0 Å². The van der Waals surface area contributed by atoms with Gasteiger partial charge in [0.25, 0.3) is 0 Å². The van der Waals surface area contributed by atoms with E-state index in [0.717, 1.165) is 16.7 Å². The van der Waals surface area contributed by atoms with Gasteiger partial charge in [0, 0.05) is 59.7 Å². The van der Waals surface area contributed by atoms with Crippen LogP contribution in [0.2, 0.25) is 0 Å². The Morgan fingerprint density at radius 2 is 0.985 bits per heavy atom. The topological polar surface area (TPSA) is 26.6 Å². The molecule has 0 bridgehead atoms. The predicted octanol–water partition coefficient (Wildman–Crippen LogP) is 17.0. The van der Waals surface area contributed by atoms with Crippen molar-refractivity contribution >= 4 is 120 Å². The van der Waals surface area contributed by atoms with E-state index in [9.17, 15) is 0 Å². The van der Waals surface area contributed by atoms with Crippen LogP contribution in [0.4, 0.5) is 0 Å². The van der Waals surface area contributed by atoms with Crippen LogP contribution in [0.1, 0.15) is 52.7 Å². The second kappa shape index (κ2) is 12.5. The highest BCUT2D eigenvalue weighted by Crippen LogP contribution is 2.50. The summed E-state index contributed by atoms with van der Waals surface area (Å²) in [5.74, 6) is 0. The van der Waals surface area contributed by atoms with Crippen LogP contribution >= 0.6 is 0 Å². The van der Waals surface area contributed by atoms with Crippen molar-refractivity contribution in [2.45, 2.75) is 52.4 Å². The van der Waals surface area contributed by atoms with Crippen LogP contribution < -0.4 is 0 Å². The molecule has 6 aromatic heterocycles. The lowest BCUT2D eigenvalue weighted by Gasteiger charge is -2.21. The Morgan fingerprint density at radius 3 is 1.76 bits per heavy atom. The van der Waals surface area contributed by atoms with Gasteiger partial charge in [-0.15, -0.1) is 0 Å². The molecule has 15 aromatic rings. The Labute approximate surface area is 386 Å². The third-order valence-electron chi connectivity index (χ3n) is 15.3. The van der Waals surface area contributed by atoms with Crippen LogP contribution in [-0.4, -0.2) is 18.4 Å². The summed E-state index contributed by atoms with van der Waals surface area (Å²) in [6, 6.07) is 64.0. The van der Waals surface area contributed by atoms with Crippen molar-refractivity contribution in [1.82, 2.24) is 18.4 Å². The van der Waals surface area contributed by atoms with E-state index in [4.69, 9.17) is 4.98 Å². The molecule has 4 heteroatoms. The van der Waals surface area contributed by atoms with Crippen LogP contribution in [0, 0.1) is 0 Å². The molecule has 0 fully saturated rings. The van der Waals surface area contributed by atoms with E-state index in [1.54, 1.807) is 0 Å². The highest BCUT2D eigenvalue weighted by molar-refractivity contribution is 6.34. The molecule has 318 valence electrons. The van der Waals surface area contributed by atoms with Crippen molar-refractivity contribution in [2.75, 3.05) is 0 Å². The molecule has 15 rings (SSSR count). The van der Waals surface area contributed by atoms with Crippen molar-refractivity contribution in [1.29, 1.82) is 0 Å². The standard InChI is InChI=1S/C63H46N4/c1-62(2,3)38-30-44(37-25-26-52-45(28-37)43-22-14-15-23-51(43)65(52)40-18-8-7-9-19-40)58-47(31-38)46-29-36-17-11-13-21-42(36)56-57-54(66(58)60(46)56)34-49-48-32-39(63(4,5)6)33-50-55-41-20-12-10-16-35(41)24-27-53(55)67(59(48)50)61(49)64-57/h7-34H,1-6H3. The van der Waals surface area contributed by atoms with Gasteiger partial charge in [-0.25, -0.2) is 4.98 Å². The van der Waals surface area contributed by atoms with E-state index in [2.05, 4.69) is 225 Å². The smallest absolute Gasteiger partial charge is 0.146 e. The Hall–Kier alpha value is -7.95. The molecule has 0 N–H and O–H groups in total. The number of hydrogen-bond donors (Lipinski definition) is 0. The van der Waals surface area contributed by atoms with Crippen molar-refractivity contribution in [3.8, 4) is 16.8 Å². The van der Waals surface area contributed by atoms with Crippen molar-refractivity contribution in [3.63, 3.8) is 0 Å². The molecular weight excluding hydrogens is 813 g/mol. The third-order valence-corrected chi connectivity index (χ3v) is 15.3. The maximum atomic E-state index is 5.94. The van der Waals surface area contributed by atoms with Gasteiger partial charge in [-0.1, -0.05) is 139 Å². The van der Waals surface area contributed by atoms with Crippen LogP contribution in [0.3, 0.4) is 0 Å². The molecule has 0 saturated carbocycles. The monoisotopic (exact) mass is 858 g/mol. The molecule has 0 spiro atoms. The van der Waals surface area contributed by atoms with Crippen LogP contribution in [0.25, 0.3) is 137 Å². The van der Waals surface area contributed by atoms with Crippen LogP contribution in [-0.2, 0) is 10.8 Å². The summed E-state index contributed by atoms with van der Waals surface area (Å²) in [4.78, 5) is 5.94. The van der Waals surface area contributed by atoms with Crippen LogP contribution in [0.15, 0.2) is 170 Å². The summed E-state index contributed by atoms with van der Waals surface area (Å²) < 4.78 is 7.48. The third kappa shape index (κ3) is 4.79. The zero-order valence-corrected chi connectivity index (χ0v) is 38.5. The summed E-state index contributed by atoms with van der Waals surface area (Å²) in [7, 11) is 0. The van der Waals surface area contributed by atoms with Crippen molar-refractivity contribution in [3.05, 3.63) is 181 Å². The number of rotatable bonds is 2. The van der Waals surface area contributed by atoms with E-state index in [1.165, 1.54) is 131 Å². The fourth-order valence-corrected chi connectivity index (χ4v) is 12.1. The molecule has 67 heavy (non-hydrogen) atoms. The maximum absolute atomic E-state index is 5.94. The molecule has 6 heterocycles. The minimum atomic E-state index is -0.0834. The molecule has 0 unspecified atom stereocenters. The van der Waals surface area contributed by atoms with Crippen molar-refractivity contribution in [2.24, 2.45) is 0 Å². The molecule has 0 saturated heterocycles. The lowest BCUT2D eigenvalue weighted by molar-refractivity contribution is 0.591. The highest BCUT2D eigenvalue weighted by Gasteiger charge is 2.29. The summed E-state index contributed by atoms with van der Waals surface area (Å²) in [5, 5.41) is 16.3. The zero-order chi connectivity index (χ0) is 44.8. The molecule has 0 aliphatic carbocycles. The number of pyridine rings is 1. The zero-order valence-electron chi connectivity index (χ0n) is 38.5. The minimum absolute atomic E-state index is 0.0529. The first-order valence-corrected chi connectivity index (χ1v) is 23.7. The Morgan fingerprint density at radius 1 is 0.373 bits per heavy atom. The van der Waals surface area contributed by atoms with E-state index in [-0.39, 0.29) is 10.8 Å². The fourth-order valence-electron chi connectivity index (χ4n) is 12.1. The number of fused-ring (bicyclic) bond motifs is 19. The van der Waals surface area contributed by atoms with E-state index in [0.29, 0.717) is 0 Å². The van der Waals surface area contributed by atoms with Gasteiger partial charge in [-0.05, 0) is 122 Å². The van der Waals surface area contributed by atoms with Crippen LogP contribution in [0.5, 0.6) is 0 Å². The number of nitrogens with zero attached hydrogens (tertiary/aromatic N) is 4. The van der Waals surface area contributed by atoms with Gasteiger partial charge >= 0.3 is 0 Å². The molecule has 0 atom stereocenters. The second-order valence-corrected chi connectivity index (χ2v) is 21.2. The minimum Gasteiger partial charge on any atom is -0.309 e. The number of aromatic nitrogens is 4. The van der Waals surface area contributed by atoms with E-state index < -0.39 is 0 Å². The van der Waals surface area contributed by atoms with Gasteiger partial charge in [-0.2, -0.15) is 0 Å². The summed E-state index contributed by atoms with van der Waals surface area (Å²) >= 11 is 0. The van der Waals surface area contributed by atoms with Gasteiger partial charge in [0.05, 0.1) is 44.1 Å². The largest absolute Gasteiger partial charge is 0.309 e. The first kappa shape index (κ1) is 37.3. The summed E-state index contributed by atoms with van der Waals surface area (Å²) in [5.41, 5.74) is 16.7. The quantitative estimate of drug-likeness (QED) is 0.170. The Balaban J connectivity index is 1.13. The Bertz CT molecular complexity index is 4620. The number of para-hydroxylation sites is 2. The van der Waals surface area contributed by atoms with Gasteiger partial charge in [0.15, 0.2) is 0 Å². The lowest BCUT2D eigenvalue weighted by atomic mass is 9.84. The second-order valence-electron chi connectivity index (χ2n) is 21.2. The first-order chi connectivity index (χ1) is 32.5. The fraction of sp³-hybridized carbons (Fsp3) is 0.127. The van der Waals surface area contributed by atoms with E-state index in [1.807, 2.05) is 0 Å². The van der Waals surface area contributed by atoms with Gasteiger partial charge in [-0.3, -0.25) is 4.40 Å². The summed E-state index contributed by atoms with van der Waals surface area (Å²) in [6.45, 7) is 14.0. The Kier molecular flexibility index (Phi) is 6.94. The molecule has 0 radical (unpaired) electrons. The number of benzene rings is 9. The molecular formula is C63H46N4. The lowest BCUT2D eigenvalue weighted by Crippen LogP contribution is -2.11. The molecule has 0 aliphatic rings. The SMILES string of the molecule is CC(C)(C)c1cc(-c2ccc3c(c2)c2ccccc2n3-c2ccccc2)c2c(c1)c1cc3ccccc3c3c4nc5c(cc4n2c13)c1cc(C(C)(C)C)cc2c3c4ccccc4ccc3n5c12. The highest BCUT2D eigenvalue weighted by atomic mass is 15.0. The molecule has 0 aliphatic heterocycles. The maximum Gasteiger partial charge on any atom is 0.146 e. The first-order valence-electron chi connectivity index (χ1n) is 23.7. The van der Waals surface area contributed by atoms with Gasteiger partial charge < -0.3 is 8.97 Å². The number of hydrogen-bond acceptors (Lipinski definition) is 1. The van der Waals surface area contributed by atoms with Crippen molar-refractivity contribution < 1.29 is 0 Å².